The molecule has 1 aromatic carbocycles. The molecule has 0 aliphatic carbocycles. The molecule has 1 N–H and O–H groups in total. The fraction of sp³-hybridized carbons (Fsp3) is 0.417. The summed E-state index contributed by atoms with van der Waals surface area (Å²) in [6.45, 7) is 1.51. The predicted molar refractivity (Wildman–Crippen MR) is 60.5 cm³/mol. The molecule has 0 radical (unpaired) electrons. The van der Waals surface area contributed by atoms with Gasteiger partial charge in [-0.2, -0.15) is 0 Å². The zero-order valence-electron chi connectivity index (χ0n) is 9.94. The number of rotatable bonds is 5. The van der Waals surface area contributed by atoms with Crippen LogP contribution in [0.2, 0.25) is 0 Å². The highest BCUT2D eigenvalue weighted by atomic mass is 19.1. The van der Waals surface area contributed by atoms with Crippen molar-refractivity contribution in [1.29, 1.82) is 0 Å². The van der Waals surface area contributed by atoms with Crippen LogP contribution in [0, 0.1) is 0 Å². The number of carboxylic acids is 1. The monoisotopic (exact) mass is 242 g/mol. The summed E-state index contributed by atoms with van der Waals surface area (Å²) >= 11 is 0. The van der Waals surface area contributed by atoms with Gasteiger partial charge in [-0.1, -0.05) is 13.0 Å². The van der Waals surface area contributed by atoms with E-state index in [0.29, 0.717) is 17.1 Å². The molecule has 0 bridgehead atoms. The molecular formula is C12H15FO4. The van der Waals surface area contributed by atoms with Crippen molar-refractivity contribution in [3.63, 3.8) is 0 Å². The third-order valence-electron chi connectivity index (χ3n) is 2.61. The lowest BCUT2D eigenvalue weighted by atomic mass is 9.96. The van der Waals surface area contributed by atoms with Crippen molar-refractivity contribution in [2.24, 2.45) is 0 Å². The lowest BCUT2D eigenvalue weighted by Crippen LogP contribution is -2.21. The van der Waals surface area contributed by atoms with Crippen LogP contribution in [-0.4, -0.2) is 31.5 Å². The van der Waals surface area contributed by atoms with Gasteiger partial charge < -0.3 is 14.6 Å². The fourth-order valence-corrected chi connectivity index (χ4v) is 1.52. The standard InChI is InChI=1S/C12H15FO4/c1-7(11(13)12(14)15)8-4-5-9(16-2)10(6-8)17-3/h4-7,11H,1-3H3,(H,14,15). The van der Waals surface area contributed by atoms with Crippen LogP contribution < -0.4 is 9.47 Å². The van der Waals surface area contributed by atoms with Gasteiger partial charge >= 0.3 is 5.97 Å². The van der Waals surface area contributed by atoms with Crippen molar-refractivity contribution in [3.05, 3.63) is 23.8 Å². The van der Waals surface area contributed by atoms with E-state index in [1.54, 1.807) is 18.2 Å². The van der Waals surface area contributed by atoms with E-state index in [1.807, 2.05) is 0 Å². The van der Waals surface area contributed by atoms with Gasteiger partial charge in [-0.25, -0.2) is 9.18 Å². The van der Waals surface area contributed by atoms with Crippen molar-refractivity contribution in [3.8, 4) is 11.5 Å². The van der Waals surface area contributed by atoms with Crippen LogP contribution in [0.3, 0.4) is 0 Å². The molecular weight excluding hydrogens is 227 g/mol. The summed E-state index contributed by atoms with van der Waals surface area (Å²) in [5, 5.41) is 8.61. The maximum absolute atomic E-state index is 13.4. The van der Waals surface area contributed by atoms with Crippen LogP contribution in [0.1, 0.15) is 18.4 Å². The second-order valence-corrected chi connectivity index (χ2v) is 3.64. The Hall–Kier alpha value is -1.78. The zero-order chi connectivity index (χ0) is 13.0. The Morgan fingerprint density at radius 3 is 2.35 bits per heavy atom. The second kappa shape index (κ2) is 5.52. The van der Waals surface area contributed by atoms with Crippen LogP contribution >= 0.6 is 0 Å². The normalized spacial score (nSPS) is 13.9. The first-order chi connectivity index (χ1) is 8.01. The first-order valence-electron chi connectivity index (χ1n) is 5.10. The highest BCUT2D eigenvalue weighted by molar-refractivity contribution is 5.73. The topological polar surface area (TPSA) is 55.8 Å². The number of alkyl halides is 1. The lowest BCUT2D eigenvalue weighted by molar-refractivity contribution is -0.143. The number of aliphatic carboxylic acids is 1. The Morgan fingerprint density at radius 1 is 1.29 bits per heavy atom. The van der Waals surface area contributed by atoms with Gasteiger partial charge in [-0.05, 0) is 17.7 Å². The third kappa shape index (κ3) is 2.87. The summed E-state index contributed by atoms with van der Waals surface area (Å²) in [6, 6.07) is 4.83. The van der Waals surface area contributed by atoms with Crippen molar-refractivity contribution < 1.29 is 23.8 Å². The van der Waals surface area contributed by atoms with Crippen LogP contribution in [0.25, 0.3) is 0 Å². The van der Waals surface area contributed by atoms with Gasteiger partial charge in [-0.15, -0.1) is 0 Å². The average Bonchev–Trinajstić information content (AvgIpc) is 2.35. The molecule has 0 fully saturated rings. The van der Waals surface area contributed by atoms with Crippen molar-refractivity contribution >= 4 is 5.97 Å². The third-order valence-corrected chi connectivity index (χ3v) is 2.61. The first-order valence-corrected chi connectivity index (χ1v) is 5.10. The molecule has 5 heteroatoms. The Bertz CT molecular complexity index is 405. The number of carboxylic acid groups (broad SMARTS) is 1. The predicted octanol–water partition coefficient (Wildman–Crippen LogP) is 2.23. The minimum absolute atomic E-state index is 0.453. The van der Waals surface area contributed by atoms with Crippen LogP contribution in [0.4, 0.5) is 4.39 Å². The second-order valence-electron chi connectivity index (χ2n) is 3.64. The summed E-state index contributed by atoms with van der Waals surface area (Å²) in [5.41, 5.74) is 0.553. The van der Waals surface area contributed by atoms with E-state index >= 15 is 0 Å². The van der Waals surface area contributed by atoms with Crippen LogP contribution in [0.5, 0.6) is 11.5 Å². The number of halogens is 1. The lowest BCUT2D eigenvalue weighted by Gasteiger charge is -2.15. The van der Waals surface area contributed by atoms with E-state index in [0.717, 1.165) is 0 Å². The summed E-state index contributed by atoms with van der Waals surface area (Å²) < 4.78 is 23.5. The number of ether oxygens (including phenoxy) is 2. The van der Waals surface area contributed by atoms with E-state index in [4.69, 9.17) is 14.6 Å². The van der Waals surface area contributed by atoms with Gasteiger partial charge in [0.2, 0.25) is 6.17 Å². The maximum Gasteiger partial charge on any atom is 0.338 e. The molecule has 0 amide bonds. The van der Waals surface area contributed by atoms with Gasteiger partial charge in [0.05, 0.1) is 14.2 Å². The molecule has 1 rings (SSSR count). The highest BCUT2D eigenvalue weighted by Crippen LogP contribution is 2.32. The molecule has 4 nitrogen and oxygen atoms in total. The van der Waals surface area contributed by atoms with E-state index in [-0.39, 0.29) is 0 Å². The SMILES string of the molecule is COc1ccc(C(C)C(F)C(=O)O)cc1OC. The Morgan fingerprint density at radius 2 is 1.88 bits per heavy atom. The van der Waals surface area contributed by atoms with Crippen LogP contribution in [-0.2, 0) is 4.79 Å². The maximum atomic E-state index is 13.4. The molecule has 2 atom stereocenters. The van der Waals surface area contributed by atoms with E-state index < -0.39 is 18.1 Å². The Balaban J connectivity index is 3.03. The number of methoxy groups -OCH3 is 2. The van der Waals surface area contributed by atoms with Gasteiger partial charge in [0.1, 0.15) is 0 Å². The summed E-state index contributed by atoms with van der Waals surface area (Å²) in [4.78, 5) is 10.6. The quantitative estimate of drug-likeness (QED) is 0.860. The molecule has 2 unspecified atom stereocenters. The molecule has 0 heterocycles. The highest BCUT2D eigenvalue weighted by Gasteiger charge is 2.25. The smallest absolute Gasteiger partial charge is 0.338 e. The molecule has 0 saturated carbocycles. The molecule has 0 aliphatic heterocycles. The molecule has 0 spiro atoms. The van der Waals surface area contributed by atoms with Crippen LogP contribution in [0.15, 0.2) is 18.2 Å². The van der Waals surface area contributed by atoms with E-state index in [2.05, 4.69) is 0 Å². The Labute approximate surface area is 99.0 Å². The summed E-state index contributed by atoms with van der Waals surface area (Å²) in [5.74, 6) is -1.23. The zero-order valence-corrected chi connectivity index (χ0v) is 9.94. The Kier molecular flexibility index (Phi) is 4.31. The van der Waals surface area contributed by atoms with Crippen molar-refractivity contribution in [2.75, 3.05) is 14.2 Å². The number of carbonyl (C=O) groups is 1. The average molecular weight is 242 g/mol. The van der Waals surface area contributed by atoms with Gasteiger partial charge in [0.25, 0.3) is 0 Å². The minimum Gasteiger partial charge on any atom is -0.493 e. The van der Waals surface area contributed by atoms with E-state index in [9.17, 15) is 9.18 Å². The summed E-state index contributed by atoms with van der Waals surface area (Å²) in [6.07, 6.45) is -1.94. The fourth-order valence-electron chi connectivity index (χ4n) is 1.52. The van der Waals surface area contributed by atoms with Crippen molar-refractivity contribution in [1.82, 2.24) is 0 Å². The number of hydrogen-bond donors (Lipinski definition) is 1. The molecule has 17 heavy (non-hydrogen) atoms. The minimum atomic E-state index is -1.94. The van der Waals surface area contributed by atoms with Crippen molar-refractivity contribution in [2.45, 2.75) is 19.0 Å². The van der Waals surface area contributed by atoms with Gasteiger partial charge in [0.15, 0.2) is 11.5 Å². The molecule has 0 aliphatic rings. The number of benzene rings is 1. The van der Waals surface area contributed by atoms with Gasteiger partial charge in [0, 0.05) is 5.92 Å². The molecule has 94 valence electrons. The summed E-state index contributed by atoms with van der Waals surface area (Å²) in [7, 11) is 2.96. The first kappa shape index (κ1) is 13.3. The largest absolute Gasteiger partial charge is 0.493 e. The van der Waals surface area contributed by atoms with E-state index in [1.165, 1.54) is 21.1 Å². The molecule has 0 saturated heterocycles. The van der Waals surface area contributed by atoms with Gasteiger partial charge in [-0.3, -0.25) is 0 Å². The molecule has 0 aromatic heterocycles. The molecule has 1 aromatic rings. The number of hydrogen-bond acceptors (Lipinski definition) is 3.